The van der Waals surface area contributed by atoms with Crippen LogP contribution in [0.5, 0.6) is 5.75 Å². The van der Waals surface area contributed by atoms with Crippen molar-refractivity contribution in [2.75, 3.05) is 13.1 Å². The molecular weight excluding hydrogens is 430 g/mol. The van der Waals surface area contributed by atoms with Crippen LogP contribution in [0.3, 0.4) is 0 Å². The molecule has 1 amide bonds. The molecule has 0 unspecified atom stereocenters. The molecule has 0 saturated carbocycles. The fraction of sp³-hybridized carbons (Fsp3) is 0.208. The Bertz CT molecular complexity index is 1080. The molecular formula is C24H20BrNO3. The van der Waals surface area contributed by atoms with Crippen molar-refractivity contribution in [1.82, 2.24) is 4.90 Å². The first kappa shape index (κ1) is 18.3. The minimum absolute atomic E-state index is 0.0711. The zero-order valence-electron chi connectivity index (χ0n) is 15.8. The predicted molar refractivity (Wildman–Crippen MR) is 116 cm³/mol. The van der Waals surface area contributed by atoms with Crippen molar-refractivity contribution in [2.45, 2.75) is 18.4 Å². The largest absolute Gasteiger partial charge is 0.482 e. The summed E-state index contributed by atoms with van der Waals surface area (Å²) < 4.78 is 12.4. The maximum absolute atomic E-state index is 12.6. The van der Waals surface area contributed by atoms with Gasteiger partial charge in [0.1, 0.15) is 11.4 Å². The molecule has 2 aromatic carbocycles. The number of halogens is 1. The van der Waals surface area contributed by atoms with Crippen molar-refractivity contribution in [3.63, 3.8) is 0 Å². The molecule has 5 heteroatoms. The summed E-state index contributed by atoms with van der Waals surface area (Å²) in [6.45, 7) is 1.28. The molecule has 0 atom stereocenters. The molecule has 2 aliphatic rings. The Hall–Kier alpha value is -2.79. The van der Waals surface area contributed by atoms with Gasteiger partial charge in [-0.25, -0.2) is 0 Å². The van der Waals surface area contributed by atoms with E-state index in [9.17, 15) is 4.79 Å². The second-order valence-electron chi connectivity index (χ2n) is 7.51. The molecule has 1 aromatic heterocycles. The van der Waals surface area contributed by atoms with E-state index in [0.717, 1.165) is 24.2 Å². The molecule has 2 aliphatic heterocycles. The summed E-state index contributed by atoms with van der Waals surface area (Å²) in [7, 11) is 0. The average Bonchev–Trinajstić information content (AvgIpc) is 3.20. The molecule has 4 nitrogen and oxygen atoms in total. The Balaban J connectivity index is 1.30. The number of carbonyl (C=O) groups excluding carboxylic acids is 1. The SMILES string of the molecule is O=C(c1ccc(Br)o1)N1CCC2(C=Cc3cc(-c4ccccc4)ccc3O2)CC1. The maximum atomic E-state index is 12.6. The second-order valence-corrected chi connectivity index (χ2v) is 8.30. The van der Waals surface area contributed by atoms with E-state index in [1.807, 2.05) is 23.1 Å². The van der Waals surface area contributed by atoms with Gasteiger partial charge in [0.25, 0.3) is 5.91 Å². The van der Waals surface area contributed by atoms with Crippen LogP contribution < -0.4 is 4.74 Å². The monoisotopic (exact) mass is 449 g/mol. The number of furan rings is 1. The number of ether oxygens (including phenoxy) is 1. The van der Waals surface area contributed by atoms with Gasteiger partial charge in [-0.1, -0.05) is 42.5 Å². The number of rotatable bonds is 2. The van der Waals surface area contributed by atoms with Crippen LogP contribution >= 0.6 is 15.9 Å². The highest BCUT2D eigenvalue weighted by Crippen LogP contribution is 2.39. The van der Waals surface area contributed by atoms with E-state index in [-0.39, 0.29) is 11.5 Å². The molecule has 1 spiro atoms. The summed E-state index contributed by atoms with van der Waals surface area (Å²) in [4.78, 5) is 14.4. The maximum Gasteiger partial charge on any atom is 0.289 e. The number of likely N-dealkylation sites (tertiary alicyclic amines) is 1. The standard InChI is InChI=1S/C24H20BrNO3/c25-22-9-8-21(28-22)23(27)26-14-12-24(13-15-26)11-10-19-16-18(6-7-20(19)29-24)17-4-2-1-3-5-17/h1-11,16H,12-15H2. The Labute approximate surface area is 177 Å². The lowest BCUT2D eigenvalue weighted by Crippen LogP contribution is -2.49. The molecule has 1 fully saturated rings. The van der Waals surface area contributed by atoms with Gasteiger partial charge in [0, 0.05) is 31.5 Å². The quantitative estimate of drug-likeness (QED) is 0.497. The van der Waals surface area contributed by atoms with Gasteiger partial charge in [-0.15, -0.1) is 0 Å². The van der Waals surface area contributed by atoms with E-state index in [1.165, 1.54) is 11.1 Å². The lowest BCUT2D eigenvalue weighted by Gasteiger charge is -2.41. The Morgan fingerprint density at radius 2 is 1.76 bits per heavy atom. The second kappa shape index (κ2) is 7.23. The van der Waals surface area contributed by atoms with E-state index in [0.29, 0.717) is 23.5 Å². The van der Waals surface area contributed by atoms with E-state index in [2.05, 4.69) is 58.4 Å². The molecule has 0 N–H and O–H groups in total. The summed E-state index contributed by atoms with van der Waals surface area (Å²) in [6, 6.07) is 20.1. The van der Waals surface area contributed by atoms with Crippen LogP contribution in [0, 0.1) is 0 Å². The highest BCUT2D eigenvalue weighted by Gasteiger charge is 2.38. The molecule has 29 heavy (non-hydrogen) atoms. The van der Waals surface area contributed by atoms with E-state index < -0.39 is 0 Å². The molecule has 3 aromatic rings. The minimum Gasteiger partial charge on any atom is -0.482 e. The molecule has 5 rings (SSSR count). The number of fused-ring (bicyclic) bond motifs is 1. The average molecular weight is 450 g/mol. The van der Waals surface area contributed by atoms with Crippen LogP contribution in [0.1, 0.15) is 29.0 Å². The smallest absolute Gasteiger partial charge is 0.289 e. The van der Waals surface area contributed by atoms with Crippen LogP contribution in [0.15, 0.2) is 75.8 Å². The summed E-state index contributed by atoms with van der Waals surface area (Å²) >= 11 is 3.25. The van der Waals surface area contributed by atoms with Gasteiger partial charge in [-0.05, 0) is 57.4 Å². The molecule has 3 heterocycles. The van der Waals surface area contributed by atoms with Gasteiger partial charge in [0.05, 0.1) is 0 Å². The third kappa shape index (κ3) is 3.51. The highest BCUT2D eigenvalue weighted by molar-refractivity contribution is 9.10. The summed E-state index contributed by atoms with van der Waals surface area (Å²) in [5, 5.41) is 0. The third-order valence-corrected chi connectivity index (χ3v) is 6.10. The lowest BCUT2D eigenvalue weighted by molar-refractivity contribution is 0.0311. The Kier molecular flexibility index (Phi) is 4.55. The van der Waals surface area contributed by atoms with Gasteiger partial charge in [-0.3, -0.25) is 4.79 Å². The van der Waals surface area contributed by atoms with Gasteiger partial charge in [0.15, 0.2) is 10.4 Å². The molecule has 146 valence electrons. The summed E-state index contributed by atoms with van der Waals surface area (Å²) in [5.74, 6) is 1.20. The Morgan fingerprint density at radius 3 is 2.48 bits per heavy atom. The number of hydrogen-bond acceptors (Lipinski definition) is 3. The Morgan fingerprint density at radius 1 is 0.966 bits per heavy atom. The molecule has 0 aliphatic carbocycles. The number of carbonyl (C=O) groups is 1. The first-order chi connectivity index (χ1) is 14.1. The van der Waals surface area contributed by atoms with Crippen molar-refractivity contribution < 1.29 is 13.9 Å². The van der Waals surface area contributed by atoms with Gasteiger partial charge in [-0.2, -0.15) is 0 Å². The van der Waals surface area contributed by atoms with Crippen molar-refractivity contribution in [2.24, 2.45) is 0 Å². The normalized spacial score (nSPS) is 17.1. The number of benzene rings is 2. The summed E-state index contributed by atoms with van der Waals surface area (Å²) in [6.07, 6.45) is 5.84. The summed E-state index contributed by atoms with van der Waals surface area (Å²) in [5.41, 5.74) is 3.12. The van der Waals surface area contributed by atoms with Crippen LogP contribution in [0.25, 0.3) is 17.2 Å². The number of amides is 1. The topological polar surface area (TPSA) is 42.7 Å². The van der Waals surface area contributed by atoms with Crippen LogP contribution in [0.2, 0.25) is 0 Å². The zero-order valence-corrected chi connectivity index (χ0v) is 17.4. The molecule has 0 bridgehead atoms. The first-order valence-electron chi connectivity index (χ1n) is 9.74. The number of nitrogens with zero attached hydrogens (tertiary/aromatic N) is 1. The zero-order chi connectivity index (χ0) is 19.8. The minimum atomic E-state index is -0.345. The molecule has 0 radical (unpaired) electrons. The van der Waals surface area contributed by atoms with Crippen molar-refractivity contribution in [1.29, 1.82) is 0 Å². The van der Waals surface area contributed by atoms with Crippen LogP contribution in [-0.4, -0.2) is 29.5 Å². The van der Waals surface area contributed by atoms with E-state index in [4.69, 9.17) is 9.15 Å². The van der Waals surface area contributed by atoms with Gasteiger partial charge >= 0.3 is 0 Å². The fourth-order valence-corrected chi connectivity index (χ4v) is 4.33. The van der Waals surface area contributed by atoms with Crippen LogP contribution in [-0.2, 0) is 0 Å². The van der Waals surface area contributed by atoms with Crippen molar-refractivity contribution >= 4 is 27.9 Å². The molecule has 1 saturated heterocycles. The van der Waals surface area contributed by atoms with Crippen molar-refractivity contribution in [3.05, 3.63) is 82.7 Å². The number of hydrogen-bond donors (Lipinski definition) is 0. The van der Waals surface area contributed by atoms with E-state index in [1.54, 1.807) is 12.1 Å². The fourth-order valence-electron chi connectivity index (χ4n) is 4.02. The van der Waals surface area contributed by atoms with E-state index >= 15 is 0 Å². The van der Waals surface area contributed by atoms with Gasteiger partial charge in [0.2, 0.25) is 0 Å². The predicted octanol–water partition coefficient (Wildman–Crippen LogP) is 5.79. The number of piperidine rings is 1. The van der Waals surface area contributed by atoms with Crippen LogP contribution in [0.4, 0.5) is 0 Å². The lowest BCUT2D eigenvalue weighted by atomic mass is 9.87. The third-order valence-electron chi connectivity index (χ3n) is 5.68. The van der Waals surface area contributed by atoms with Gasteiger partial charge < -0.3 is 14.1 Å². The highest BCUT2D eigenvalue weighted by atomic mass is 79.9. The first-order valence-corrected chi connectivity index (χ1v) is 10.5. The van der Waals surface area contributed by atoms with Crippen molar-refractivity contribution in [3.8, 4) is 16.9 Å².